The monoisotopic (exact) mass is 227 g/mol. The number of ketones is 1. The number of carbonyl (C=O) groups is 1. The van der Waals surface area contributed by atoms with Gasteiger partial charge < -0.3 is 0 Å². The number of aromatic nitrogens is 1. The number of benzene rings is 1. The van der Waals surface area contributed by atoms with Gasteiger partial charge in [-0.25, -0.2) is 0 Å². The molecular weight excluding hydrogens is 210 g/mol. The van der Waals surface area contributed by atoms with Gasteiger partial charge in [0.15, 0.2) is 5.78 Å². The van der Waals surface area contributed by atoms with E-state index in [0.717, 1.165) is 30.0 Å². The molecule has 0 unspecified atom stereocenters. The molecule has 0 atom stereocenters. The number of rotatable bonds is 5. The molecule has 17 heavy (non-hydrogen) atoms. The summed E-state index contributed by atoms with van der Waals surface area (Å²) >= 11 is 0. The van der Waals surface area contributed by atoms with Crippen molar-refractivity contribution in [3.8, 4) is 0 Å². The summed E-state index contributed by atoms with van der Waals surface area (Å²) in [7, 11) is 0. The molecule has 0 N–H and O–H groups in total. The predicted octanol–water partition coefficient (Wildman–Crippen LogP) is 4.00. The summed E-state index contributed by atoms with van der Waals surface area (Å²) in [5, 5.41) is 2.05. The van der Waals surface area contributed by atoms with E-state index in [-0.39, 0.29) is 5.78 Å². The Hall–Kier alpha value is -1.70. The van der Waals surface area contributed by atoms with Crippen molar-refractivity contribution in [2.24, 2.45) is 0 Å². The van der Waals surface area contributed by atoms with E-state index < -0.39 is 0 Å². The minimum atomic E-state index is 0.162. The third-order valence-corrected chi connectivity index (χ3v) is 2.95. The van der Waals surface area contributed by atoms with Gasteiger partial charge in [-0.1, -0.05) is 44.0 Å². The zero-order chi connectivity index (χ0) is 12.1. The quantitative estimate of drug-likeness (QED) is 0.571. The van der Waals surface area contributed by atoms with Crippen LogP contribution < -0.4 is 0 Å². The highest BCUT2D eigenvalue weighted by Crippen LogP contribution is 2.18. The van der Waals surface area contributed by atoms with Crippen LogP contribution in [-0.4, -0.2) is 10.8 Å². The number of Topliss-reactive ketones (excluding diaryl/α,β-unsaturated/α-hetero) is 1. The molecule has 0 spiro atoms. The van der Waals surface area contributed by atoms with Crippen LogP contribution in [0.15, 0.2) is 36.5 Å². The minimum Gasteiger partial charge on any atom is -0.292 e. The van der Waals surface area contributed by atoms with Crippen molar-refractivity contribution >= 4 is 16.6 Å². The summed E-state index contributed by atoms with van der Waals surface area (Å²) in [4.78, 5) is 16.3. The van der Waals surface area contributed by atoms with E-state index >= 15 is 0 Å². The van der Waals surface area contributed by atoms with Crippen molar-refractivity contribution < 1.29 is 4.79 Å². The lowest BCUT2D eigenvalue weighted by atomic mass is 10.0. The van der Waals surface area contributed by atoms with Crippen molar-refractivity contribution in [3.05, 3.63) is 42.2 Å². The van der Waals surface area contributed by atoms with Crippen LogP contribution in [0.1, 0.15) is 43.1 Å². The molecule has 0 aliphatic heterocycles. The van der Waals surface area contributed by atoms with Gasteiger partial charge in [0, 0.05) is 18.0 Å². The fourth-order valence-electron chi connectivity index (χ4n) is 2.00. The molecule has 0 fully saturated rings. The highest BCUT2D eigenvalue weighted by Gasteiger charge is 2.10. The first-order valence-corrected chi connectivity index (χ1v) is 6.20. The van der Waals surface area contributed by atoms with E-state index in [0.29, 0.717) is 12.1 Å². The van der Waals surface area contributed by atoms with Gasteiger partial charge in [0.25, 0.3) is 0 Å². The van der Waals surface area contributed by atoms with Gasteiger partial charge >= 0.3 is 0 Å². The molecule has 0 amide bonds. The van der Waals surface area contributed by atoms with Crippen LogP contribution in [-0.2, 0) is 0 Å². The fraction of sp³-hybridized carbons (Fsp3) is 0.333. The van der Waals surface area contributed by atoms with Crippen molar-refractivity contribution in [3.63, 3.8) is 0 Å². The number of hydrogen-bond acceptors (Lipinski definition) is 2. The van der Waals surface area contributed by atoms with Gasteiger partial charge in [-0.2, -0.15) is 0 Å². The molecule has 1 aromatic heterocycles. The van der Waals surface area contributed by atoms with E-state index in [1.807, 2.05) is 30.3 Å². The Balaban J connectivity index is 2.26. The minimum absolute atomic E-state index is 0.162. The summed E-state index contributed by atoms with van der Waals surface area (Å²) < 4.78 is 0. The van der Waals surface area contributed by atoms with Crippen LogP contribution in [0.2, 0.25) is 0 Å². The molecule has 2 aromatic rings. The number of fused-ring (bicyclic) bond motifs is 1. The third-order valence-electron chi connectivity index (χ3n) is 2.95. The zero-order valence-electron chi connectivity index (χ0n) is 10.1. The Labute approximate surface area is 102 Å². The van der Waals surface area contributed by atoms with Gasteiger partial charge in [0.2, 0.25) is 0 Å². The lowest BCUT2D eigenvalue weighted by Crippen LogP contribution is -2.02. The van der Waals surface area contributed by atoms with Gasteiger partial charge in [0.05, 0.1) is 0 Å². The number of hydrogen-bond donors (Lipinski definition) is 0. The number of nitrogens with zero attached hydrogens (tertiary/aromatic N) is 1. The standard InChI is InChI=1S/C15H17NO/c1-2-3-4-9-14(17)15-13-8-6-5-7-12(13)10-11-16-15/h5-8,10-11H,2-4,9H2,1H3. The highest BCUT2D eigenvalue weighted by molar-refractivity contribution is 6.06. The molecule has 0 saturated heterocycles. The Bertz CT molecular complexity index is 514. The maximum absolute atomic E-state index is 12.1. The average molecular weight is 227 g/mol. The molecule has 0 aliphatic rings. The molecule has 0 saturated carbocycles. The zero-order valence-corrected chi connectivity index (χ0v) is 10.1. The molecule has 2 nitrogen and oxygen atoms in total. The summed E-state index contributed by atoms with van der Waals surface area (Å²) in [6, 6.07) is 9.86. The van der Waals surface area contributed by atoms with Gasteiger partial charge in [0.1, 0.15) is 5.69 Å². The van der Waals surface area contributed by atoms with Gasteiger partial charge in [-0.05, 0) is 17.9 Å². The van der Waals surface area contributed by atoms with Crippen molar-refractivity contribution in [2.45, 2.75) is 32.6 Å². The SMILES string of the molecule is CCCCCC(=O)c1nccc2ccccc12. The lowest BCUT2D eigenvalue weighted by Gasteiger charge is -2.04. The van der Waals surface area contributed by atoms with Crippen molar-refractivity contribution in [2.75, 3.05) is 0 Å². The summed E-state index contributed by atoms with van der Waals surface area (Å²) in [5.74, 6) is 0.162. The topological polar surface area (TPSA) is 30.0 Å². The van der Waals surface area contributed by atoms with Crippen LogP contribution in [0, 0.1) is 0 Å². The molecule has 1 heterocycles. The van der Waals surface area contributed by atoms with E-state index in [4.69, 9.17) is 0 Å². The normalized spacial score (nSPS) is 10.6. The largest absolute Gasteiger partial charge is 0.292 e. The highest BCUT2D eigenvalue weighted by atomic mass is 16.1. The average Bonchev–Trinajstić information content (AvgIpc) is 2.38. The Morgan fingerprint density at radius 2 is 2.00 bits per heavy atom. The first-order chi connectivity index (χ1) is 8.33. The van der Waals surface area contributed by atoms with Crippen LogP contribution >= 0.6 is 0 Å². The summed E-state index contributed by atoms with van der Waals surface area (Å²) in [6.07, 6.45) is 5.53. The first kappa shape index (κ1) is 11.8. The second-order valence-corrected chi connectivity index (χ2v) is 4.26. The van der Waals surface area contributed by atoms with E-state index in [2.05, 4.69) is 11.9 Å². The van der Waals surface area contributed by atoms with Crippen LogP contribution in [0.25, 0.3) is 10.8 Å². The van der Waals surface area contributed by atoms with Crippen LogP contribution in [0.5, 0.6) is 0 Å². The first-order valence-electron chi connectivity index (χ1n) is 6.20. The molecule has 88 valence electrons. The third kappa shape index (κ3) is 2.70. The van der Waals surface area contributed by atoms with E-state index in [1.165, 1.54) is 0 Å². The van der Waals surface area contributed by atoms with Crippen LogP contribution in [0.4, 0.5) is 0 Å². The Morgan fingerprint density at radius 3 is 2.82 bits per heavy atom. The number of unbranched alkanes of at least 4 members (excludes halogenated alkanes) is 2. The smallest absolute Gasteiger partial charge is 0.181 e. The Morgan fingerprint density at radius 1 is 1.18 bits per heavy atom. The number of pyridine rings is 1. The van der Waals surface area contributed by atoms with E-state index in [1.54, 1.807) is 6.20 Å². The molecule has 0 radical (unpaired) electrons. The molecule has 0 aliphatic carbocycles. The summed E-state index contributed by atoms with van der Waals surface area (Å²) in [6.45, 7) is 2.14. The predicted molar refractivity (Wildman–Crippen MR) is 70.2 cm³/mol. The lowest BCUT2D eigenvalue weighted by molar-refractivity contribution is 0.0976. The molecule has 0 bridgehead atoms. The van der Waals surface area contributed by atoms with E-state index in [9.17, 15) is 4.79 Å². The maximum atomic E-state index is 12.1. The number of carbonyl (C=O) groups excluding carboxylic acids is 1. The molecule has 2 heteroatoms. The molecule has 2 rings (SSSR count). The Kier molecular flexibility index (Phi) is 3.86. The van der Waals surface area contributed by atoms with Gasteiger partial charge in [-0.3, -0.25) is 9.78 Å². The fourth-order valence-corrected chi connectivity index (χ4v) is 2.00. The molecular formula is C15H17NO. The van der Waals surface area contributed by atoms with Gasteiger partial charge in [-0.15, -0.1) is 0 Å². The maximum Gasteiger partial charge on any atom is 0.181 e. The second-order valence-electron chi connectivity index (χ2n) is 4.26. The summed E-state index contributed by atoms with van der Waals surface area (Å²) in [5.41, 5.74) is 0.624. The van der Waals surface area contributed by atoms with Crippen LogP contribution in [0.3, 0.4) is 0 Å². The van der Waals surface area contributed by atoms with Crippen molar-refractivity contribution in [1.29, 1.82) is 0 Å². The second kappa shape index (κ2) is 5.58. The molecule has 1 aromatic carbocycles. The van der Waals surface area contributed by atoms with Crippen molar-refractivity contribution in [1.82, 2.24) is 4.98 Å².